The van der Waals surface area contributed by atoms with Gasteiger partial charge < -0.3 is 10.6 Å². The van der Waals surface area contributed by atoms with E-state index in [1.165, 1.54) is 63.4 Å². The largest absolute Gasteiger partial charge is 0.354 e. The standard InChI is InChI=1S/C20H29N3/c1-3-7-16(8-4-1)20(13-14-20)15-21-19(23-18-11-12-18)22-17-9-5-2-6-10-17/h1,3-4,7-8,17-18H,2,5-6,9-15H2,(H2,21,22,23). The summed E-state index contributed by atoms with van der Waals surface area (Å²) in [7, 11) is 0. The second kappa shape index (κ2) is 6.54. The van der Waals surface area contributed by atoms with E-state index in [4.69, 9.17) is 4.99 Å². The van der Waals surface area contributed by atoms with Gasteiger partial charge in [-0.05, 0) is 44.1 Å². The van der Waals surface area contributed by atoms with Gasteiger partial charge in [0.25, 0.3) is 0 Å². The molecule has 23 heavy (non-hydrogen) atoms. The van der Waals surface area contributed by atoms with Crippen molar-refractivity contribution in [3.63, 3.8) is 0 Å². The number of aliphatic imine (C=N–C) groups is 1. The molecule has 0 bridgehead atoms. The van der Waals surface area contributed by atoms with Gasteiger partial charge in [-0.3, -0.25) is 4.99 Å². The Bertz CT molecular complexity index is 537. The van der Waals surface area contributed by atoms with E-state index in [1.807, 2.05) is 0 Å². The van der Waals surface area contributed by atoms with Crippen molar-refractivity contribution in [3.8, 4) is 0 Å². The quantitative estimate of drug-likeness (QED) is 0.642. The summed E-state index contributed by atoms with van der Waals surface area (Å²) in [5, 5.41) is 7.35. The lowest BCUT2D eigenvalue weighted by molar-refractivity contribution is 0.409. The van der Waals surface area contributed by atoms with Gasteiger partial charge in [-0.25, -0.2) is 0 Å². The molecule has 2 N–H and O–H groups in total. The normalized spacial score (nSPS) is 24.3. The van der Waals surface area contributed by atoms with Crippen molar-refractivity contribution < 1.29 is 0 Å². The number of nitrogens with zero attached hydrogens (tertiary/aromatic N) is 1. The fourth-order valence-corrected chi connectivity index (χ4v) is 3.71. The maximum atomic E-state index is 5.00. The average Bonchev–Trinajstić information content (AvgIpc) is 3.51. The molecule has 3 nitrogen and oxygen atoms in total. The molecule has 3 aliphatic rings. The molecule has 0 amide bonds. The van der Waals surface area contributed by atoms with Gasteiger partial charge in [-0.1, -0.05) is 49.6 Å². The minimum Gasteiger partial charge on any atom is -0.354 e. The Kier molecular flexibility index (Phi) is 4.28. The summed E-state index contributed by atoms with van der Waals surface area (Å²) in [6, 6.07) is 12.2. The third-order valence-electron chi connectivity index (χ3n) is 5.64. The predicted molar refractivity (Wildman–Crippen MR) is 95.8 cm³/mol. The molecule has 0 atom stereocenters. The predicted octanol–water partition coefficient (Wildman–Crippen LogP) is 3.75. The maximum Gasteiger partial charge on any atom is 0.191 e. The van der Waals surface area contributed by atoms with Crippen molar-refractivity contribution in [3.05, 3.63) is 35.9 Å². The third kappa shape index (κ3) is 3.88. The minimum atomic E-state index is 0.311. The van der Waals surface area contributed by atoms with Crippen LogP contribution in [-0.4, -0.2) is 24.6 Å². The van der Waals surface area contributed by atoms with Crippen molar-refractivity contribution >= 4 is 5.96 Å². The molecule has 3 fully saturated rings. The van der Waals surface area contributed by atoms with Crippen molar-refractivity contribution in [2.24, 2.45) is 4.99 Å². The summed E-state index contributed by atoms with van der Waals surface area (Å²) in [4.78, 5) is 5.00. The molecule has 0 aromatic heterocycles. The molecular formula is C20H29N3. The van der Waals surface area contributed by atoms with E-state index in [9.17, 15) is 0 Å². The highest BCUT2D eigenvalue weighted by Gasteiger charge is 2.44. The highest BCUT2D eigenvalue weighted by molar-refractivity contribution is 5.80. The molecule has 3 heteroatoms. The van der Waals surface area contributed by atoms with Crippen molar-refractivity contribution in [1.82, 2.24) is 10.6 Å². The Hall–Kier alpha value is -1.51. The van der Waals surface area contributed by atoms with Crippen LogP contribution < -0.4 is 10.6 Å². The van der Waals surface area contributed by atoms with E-state index < -0.39 is 0 Å². The van der Waals surface area contributed by atoms with E-state index >= 15 is 0 Å². The number of hydrogen-bond donors (Lipinski definition) is 2. The SMILES string of the molecule is c1ccc(C2(CN=C(NC3CCCCC3)NC3CC3)CC2)cc1. The first-order chi connectivity index (χ1) is 11.3. The molecule has 3 saturated carbocycles. The van der Waals surface area contributed by atoms with Crippen molar-refractivity contribution in [2.45, 2.75) is 75.3 Å². The summed E-state index contributed by atoms with van der Waals surface area (Å²) in [5.41, 5.74) is 1.78. The summed E-state index contributed by atoms with van der Waals surface area (Å²) >= 11 is 0. The summed E-state index contributed by atoms with van der Waals surface area (Å²) in [5.74, 6) is 1.07. The Morgan fingerprint density at radius 3 is 2.17 bits per heavy atom. The molecular weight excluding hydrogens is 282 g/mol. The van der Waals surface area contributed by atoms with Crippen LogP contribution in [0.25, 0.3) is 0 Å². The molecule has 1 aromatic rings. The van der Waals surface area contributed by atoms with Crippen LogP contribution in [0.2, 0.25) is 0 Å². The van der Waals surface area contributed by atoms with Crippen LogP contribution in [0.5, 0.6) is 0 Å². The lowest BCUT2D eigenvalue weighted by Crippen LogP contribution is -2.45. The molecule has 0 saturated heterocycles. The first-order valence-electron chi connectivity index (χ1n) is 9.47. The Labute approximate surface area is 140 Å². The van der Waals surface area contributed by atoms with Crippen LogP contribution in [0, 0.1) is 0 Å². The van der Waals surface area contributed by atoms with E-state index in [0.29, 0.717) is 17.5 Å². The topological polar surface area (TPSA) is 36.4 Å². The monoisotopic (exact) mass is 311 g/mol. The van der Waals surface area contributed by atoms with Gasteiger partial charge in [-0.2, -0.15) is 0 Å². The molecule has 1 aromatic carbocycles. The summed E-state index contributed by atoms with van der Waals surface area (Å²) in [6.07, 6.45) is 11.9. The molecule has 0 unspecified atom stereocenters. The van der Waals surface area contributed by atoms with Crippen LogP contribution in [-0.2, 0) is 5.41 Å². The molecule has 3 aliphatic carbocycles. The minimum absolute atomic E-state index is 0.311. The zero-order valence-electron chi connectivity index (χ0n) is 14.1. The fraction of sp³-hybridized carbons (Fsp3) is 0.650. The second-order valence-electron chi connectivity index (χ2n) is 7.71. The van der Waals surface area contributed by atoms with Gasteiger partial charge in [0.1, 0.15) is 0 Å². The number of guanidine groups is 1. The van der Waals surface area contributed by atoms with E-state index in [1.54, 1.807) is 0 Å². The number of hydrogen-bond acceptors (Lipinski definition) is 1. The van der Waals surface area contributed by atoms with E-state index in [2.05, 4.69) is 41.0 Å². The van der Waals surface area contributed by atoms with Gasteiger partial charge in [0.05, 0.1) is 6.54 Å². The number of benzene rings is 1. The van der Waals surface area contributed by atoms with Crippen molar-refractivity contribution in [2.75, 3.05) is 6.54 Å². The number of nitrogens with one attached hydrogen (secondary N) is 2. The Morgan fingerprint density at radius 2 is 1.57 bits per heavy atom. The molecule has 4 rings (SSSR count). The third-order valence-corrected chi connectivity index (χ3v) is 5.64. The van der Waals surface area contributed by atoms with Crippen LogP contribution in [0.15, 0.2) is 35.3 Å². The number of rotatable bonds is 5. The first-order valence-corrected chi connectivity index (χ1v) is 9.47. The average molecular weight is 311 g/mol. The summed E-state index contributed by atoms with van der Waals surface area (Å²) < 4.78 is 0. The van der Waals surface area contributed by atoms with Gasteiger partial charge in [0, 0.05) is 17.5 Å². The lowest BCUT2D eigenvalue weighted by atomic mass is 9.95. The lowest BCUT2D eigenvalue weighted by Gasteiger charge is -2.25. The van der Waals surface area contributed by atoms with Crippen LogP contribution >= 0.6 is 0 Å². The molecule has 0 aliphatic heterocycles. The van der Waals surface area contributed by atoms with E-state index in [-0.39, 0.29) is 0 Å². The van der Waals surface area contributed by atoms with Gasteiger partial charge >= 0.3 is 0 Å². The highest BCUT2D eigenvalue weighted by atomic mass is 15.2. The van der Waals surface area contributed by atoms with Crippen molar-refractivity contribution in [1.29, 1.82) is 0 Å². The molecule has 124 valence electrons. The molecule has 0 spiro atoms. The van der Waals surface area contributed by atoms with Crippen LogP contribution in [0.4, 0.5) is 0 Å². The fourth-order valence-electron chi connectivity index (χ4n) is 3.71. The summed E-state index contributed by atoms with van der Waals surface area (Å²) in [6.45, 7) is 0.922. The first kappa shape index (κ1) is 15.0. The van der Waals surface area contributed by atoms with Crippen LogP contribution in [0.1, 0.15) is 63.4 Å². The van der Waals surface area contributed by atoms with Gasteiger partial charge in [-0.15, -0.1) is 0 Å². The second-order valence-corrected chi connectivity index (χ2v) is 7.71. The van der Waals surface area contributed by atoms with E-state index in [0.717, 1.165) is 12.5 Å². The molecule has 0 radical (unpaired) electrons. The zero-order valence-corrected chi connectivity index (χ0v) is 14.1. The Balaban J connectivity index is 1.42. The maximum absolute atomic E-state index is 5.00. The zero-order chi connectivity index (χ0) is 15.5. The van der Waals surface area contributed by atoms with Gasteiger partial charge in [0.2, 0.25) is 0 Å². The Morgan fingerprint density at radius 1 is 0.913 bits per heavy atom. The highest BCUT2D eigenvalue weighted by Crippen LogP contribution is 2.48. The molecule has 0 heterocycles. The van der Waals surface area contributed by atoms with Gasteiger partial charge in [0.15, 0.2) is 5.96 Å². The smallest absolute Gasteiger partial charge is 0.191 e. The van der Waals surface area contributed by atoms with Crippen LogP contribution in [0.3, 0.4) is 0 Å².